The zero-order valence-corrected chi connectivity index (χ0v) is 16.4. The van der Waals surface area contributed by atoms with Crippen molar-refractivity contribution in [3.63, 3.8) is 0 Å². The molecular weight excluding hydrogens is 350 g/mol. The van der Waals surface area contributed by atoms with Crippen LogP contribution in [-0.2, 0) is 17.6 Å². The number of anilines is 1. The van der Waals surface area contributed by atoms with Crippen LogP contribution in [0.1, 0.15) is 31.4 Å². The quantitative estimate of drug-likeness (QED) is 0.723. The molecule has 4 nitrogen and oxygen atoms in total. The van der Waals surface area contributed by atoms with Crippen LogP contribution in [0.15, 0.2) is 24.3 Å². The number of fused-ring (bicyclic) bond motifs is 1. The summed E-state index contributed by atoms with van der Waals surface area (Å²) in [6.45, 7) is 4.69. The lowest BCUT2D eigenvalue weighted by Crippen LogP contribution is -2.26. The van der Waals surface area contributed by atoms with E-state index in [1.807, 2.05) is 19.1 Å². The molecular formula is C21H24ClNO3. The summed E-state index contributed by atoms with van der Waals surface area (Å²) in [6.07, 6.45) is 2.33. The summed E-state index contributed by atoms with van der Waals surface area (Å²) in [6, 6.07) is 7.90. The zero-order chi connectivity index (χ0) is 18.8. The molecule has 2 aromatic carbocycles. The van der Waals surface area contributed by atoms with Gasteiger partial charge in [-0.15, -0.1) is 0 Å². The van der Waals surface area contributed by atoms with Crippen LogP contribution in [0, 0.1) is 0 Å². The Labute approximate surface area is 159 Å². The van der Waals surface area contributed by atoms with E-state index in [0.29, 0.717) is 18.0 Å². The number of methoxy groups -OCH3 is 2. The van der Waals surface area contributed by atoms with E-state index in [-0.39, 0.29) is 5.91 Å². The first-order valence-corrected chi connectivity index (χ1v) is 9.30. The molecule has 1 heterocycles. The van der Waals surface area contributed by atoms with Gasteiger partial charge in [-0.2, -0.15) is 0 Å². The van der Waals surface area contributed by atoms with E-state index in [4.69, 9.17) is 21.1 Å². The lowest BCUT2D eigenvalue weighted by Gasteiger charge is -2.20. The maximum atomic E-state index is 12.5. The van der Waals surface area contributed by atoms with Crippen LogP contribution in [0.3, 0.4) is 0 Å². The lowest BCUT2D eigenvalue weighted by atomic mass is 9.94. The SMILES string of the molecule is CCCc1cc(OC)c(-c2ccc(Cl)c3c2CC(=O)N3CC)c(OC)c1. The van der Waals surface area contributed by atoms with Crippen molar-refractivity contribution < 1.29 is 14.3 Å². The number of benzene rings is 2. The lowest BCUT2D eigenvalue weighted by molar-refractivity contribution is -0.117. The molecule has 1 aliphatic rings. The number of aryl methyl sites for hydroxylation is 1. The zero-order valence-electron chi connectivity index (χ0n) is 15.7. The van der Waals surface area contributed by atoms with Gasteiger partial charge < -0.3 is 14.4 Å². The number of hydrogen-bond donors (Lipinski definition) is 0. The second kappa shape index (κ2) is 7.58. The largest absolute Gasteiger partial charge is 0.496 e. The van der Waals surface area contributed by atoms with Gasteiger partial charge >= 0.3 is 0 Å². The van der Waals surface area contributed by atoms with Crippen molar-refractivity contribution in [2.24, 2.45) is 0 Å². The van der Waals surface area contributed by atoms with Crippen LogP contribution in [-0.4, -0.2) is 26.7 Å². The molecule has 0 N–H and O–H groups in total. The molecule has 0 unspecified atom stereocenters. The second-order valence-electron chi connectivity index (χ2n) is 6.36. The molecule has 0 atom stereocenters. The minimum absolute atomic E-state index is 0.0670. The fourth-order valence-corrected chi connectivity index (χ4v) is 3.96. The Kier molecular flexibility index (Phi) is 5.42. The van der Waals surface area contributed by atoms with E-state index in [0.717, 1.165) is 46.7 Å². The van der Waals surface area contributed by atoms with E-state index >= 15 is 0 Å². The summed E-state index contributed by atoms with van der Waals surface area (Å²) in [5, 5.41) is 0.594. The minimum atomic E-state index is 0.0670. The van der Waals surface area contributed by atoms with Crippen LogP contribution >= 0.6 is 11.6 Å². The second-order valence-corrected chi connectivity index (χ2v) is 6.77. The normalized spacial score (nSPS) is 13.1. The molecule has 1 aliphatic heterocycles. The number of amides is 1. The van der Waals surface area contributed by atoms with Gasteiger partial charge in [0.1, 0.15) is 11.5 Å². The molecule has 0 aromatic heterocycles. The molecule has 0 saturated carbocycles. The van der Waals surface area contributed by atoms with Crippen molar-refractivity contribution in [2.45, 2.75) is 33.1 Å². The van der Waals surface area contributed by atoms with E-state index < -0.39 is 0 Å². The number of carbonyl (C=O) groups excluding carboxylic acids is 1. The van der Waals surface area contributed by atoms with Crippen LogP contribution in [0.25, 0.3) is 11.1 Å². The Hall–Kier alpha value is -2.20. The summed E-state index contributed by atoms with van der Waals surface area (Å²) in [7, 11) is 3.32. The molecule has 1 amide bonds. The van der Waals surface area contributed by atoms with E-state index in [1.54, 1.807) is 19.1 Å². The van der Waals surface area contributed by atoms with E-state index in [2.05, 4.69) is 19.1 Å². The number of ether oxygens (including phenoxy) is 2. The van der Waals surface area contributed by atoms with Gasteiger partial charge in [0.05, 0.1) is 36.9 Å². The maximum absolute atomic E-state index is 12.5. The Morgan fingerprint density at radius 2 is 1.77 bits per heavy atom. The highest BCUT2D eigenvalue weighted by atomic mass is 35.5. The number of carbonyl (C=O) groups is 1. The van der Waals surface area contributed by atoms with Gasteiger partial charge in [-0.3, -0.25) is 4.79 Å². The highest BCUT2D eigenvalue weighted by molar-refractivity contribution is 6.35. The number of halogens is 1. The van der Waals surface area contributed by atoms with Gasteiger partial charge in [0, 0.05) is 6.54 Å². The van der Waals surface area contributed by atoms with Crippen molar-refractivity contribution in [2.75, 3.05) is 25.7 Å². The molecule has 0 spiro atoms. The van der Waals surface area contributed by atoms with Gasteiger partial charge in [-0.25, -0.2) is 0 Å². The van der Waals surface area contributed by atoms with E-state index in [1.165, 1.54) is 5.56 Å². The van der Waals surface area contributed by atoms with Crippen LogP contribution in [0.5, 0.6) is 11.5 Å². The number of nitrogens with zero attached hydrogens (tertiary/aromatic N) is 1. The average molecular weight is 374 g/mol. The van der Waals surface area contributed by atoms with Gasteiger partial charge in [0.15, 0.2) is 0 Å². The number of hydrogen-bond acceptors (Lipinski definition) is 3. The van der Waals surface area contributed by atoms with Crippen molar-refractivity contribution in [1.82, 2.24) is 0 Å². The predicted octanol–water partition coefficient (Wildman–Crippen LogP) is 4.89. The summed E-state index contributed by atoms with van der Waals surface area (Å²) >= 11 is 6.43. The standard InChI is InChI=1S/C21H24ClNO3/c1-5-7-13-10-17(25-3)20(18(11-13)26-4)14-8-9-16(22)21-15(14)12-19(24)23(21)6-2/h8-11H,5-7,12H2,1-4H3. The number of rotatable bonds is 6. The molecule has 3 rings (SSSR count). The third kappa shape index (κ3) is 3.03. The summed E-state index contributed by atoms with van der Waals surface area (Å²) in [5.74, 6) is 1.57. The monoisotopic (exact) mass is 373 g/mol. The van der Waals surface area contributed by atoms with Crippen molar-refractivity contribution in [3.05, 3.63) is 40.4 Å². The Morgan fingerprint density at radius 1 is 1.12 bits per heavy atom. The third-order valence-corrected chi connectivity index (χ3v) is 5.13. The first kappa shape index (κ1) is 18.6. The maximum Gasteiger partial charge on any atom is 0.231 e. The first-order chi connectivity index (χ1) is 12.5. The summed E-state index contributed by atoms with van der Waals surface area (Å²) in [4.78, 5) is 14.2. The average Bonchev–Trinajstić information content (AvgIpc) is 2.99. The highest BCUT2D eigenvalue weighted by Crippen LogP contribution is 2.47. The van der Waals surface area contributed by atoms with Crippen LogP contribution in [0.2, 0.25) is 5.02 Å². The first-order valence-electron chi connectivity index (χ1n) is 8.92. The van der Waals surface area contributed by atoms with Crippen molar-refractivity contribution in [1.29, 1.82) is 0 Å². The Morgan fingerprint density at radius 3 is 2.31 bits per heavy atom. The van der Waals surface area contributed by atoms with Crippen molar-refractivity contribution >= 4 is 23.2 Å². The van der Waals surface area contributed by atoms with Gasteiger partial charge in [-0.05, 0) is 48.2 Å². The molecule has 0 bridgehead atoms. The highest BCUT2D eigenvalue weighted by Gasteiger charge is 2.32. The fraction of sp³-hybridized carbons (Fsp3) is 0.381. The third-order valence-electron chi connectivity index (χ3n) is 4.82. The molecule has 2 aromatic rings. The van der Waals surface area contributed by atoms with Gasteiger partial charge in [0.2, 0.25) is 5.91 Å². The molecule has 0 saturated heterocycles. The molecule has 0 radical (unpaired) electrons. The molecule has 0 fully saturated rings. The summed E-state index contributed by atoms with van der Waals surface area (Å²) in [5.41, 5.74) is 4.71. The minimum Gasteiger partial charge on any atom is -0.496 e. The van der Waals surface area contributed by atoms with E-state index in [9.17, 15) is 4.79 Å². The van der Waals surface area contributed by atoms with Gasteiger partial charge in [-0.1, -0.05) is 31.0 Å². The topological polar surface area (TPSA) is 38.8 Å². The Bertz CT molecular complexity index is 822. The predicted molar refractivity (Wildman–Crippen MR) is 106 cm³/mol. The molecule has 5 heteroatoms. The van der Waals surface area contributed by atoms with Crippen LogP contribution < -0.4 is 14.4 Å². The number of likely N-dealkylation sites (N-methyl/N-ethyl adjacent to an activating group) is 1. The smallest absolute Gasteiger partial charge is 0.231 e. The molecule has 26 heavy (non-hydrogen) atoms. The molecule has 0 aliphatic carbocycles. The van der Waals surface area contributed by atoms with Gasteiger partial charge in [0.25, 0.3) is 0 Å². The fourth-order valence-electron chi connectivity index (χ4n) is 3.68. The Balaban J connectivity index is 2.26. The van der Waals surface area contributed by atoms with Crippen LogP contribution in [0.4, 0.5) is 5.69 Å². The summed E-state index contributed by atoms with van der Waals surface area (Å²) < 4.78 is 11.4. The molecule has 138 valence electrons. The van der Waals surface area contributed by atoms with Crippen molar-refractivity contribution in [3.8, 4) is 22.6 Å².